The first-order valence-electron chi connectivity index (χ1n) is 6.11. The Labute approximate surface area is 103 Å². The van der Waals surface area contributed by atoms with E-state index < -0.39 is 0 Å². The Morgan fingerprint density at radius 3 is 2.82 bits per heavy atom. The van der Waals surface area contributed by atoms with Crippen LogP contribution in [0.5, 0.6) is 0 Å². The van der Waals surface area contributed by atoms with Crippen LogP contribution < -0.4 is 10.6 Å². The molecule has 1 aromatic heterocycles. The molecule has 1 aromatic rings. The molecular formula is C13H23N3O. The molecule has 17 heavy (non-hydrogen) atoms. The van der Waals surface area contributed by atoms with E-state index in [1.165, 1.54) is 5.56 Å². The second-order valence-electron chi connectivity index (χ2n) is 4.97. The Hall–Kier alpha value is -1.29. The molecule has 0 saturated heterocycles. The number of aromatic nitrogens is 1. The molecule has 1 amide bonds. The molecule has 0 aliphatic rings. The van der Waals surface area contributed by atoms with E-state index in [0.717, 1.165) is 13.0 Å². The molecule has 4 heteroatoms. The van der Waals surface area contributed by atoms with E-state index in [1.807, 2.05) is 25.5 Å². The van der Waals surface area contributed by atoms with Crippen LogP contribution in [0, 0.1) is 0 Å². The van der Waals surface area contributed by atoms with Crippen molar-refractivity contribution in [2.24, 2.45) is 0 Å². The first-order valence-corrected chi connectivity index (χ1v) is 6.11. The second kappa shape index (κ2) is 6.45. The van der Waals surface area contributed by atoms with Crippen LogP contribution in [0.4, 0.5) is 0 Å². The molecule has 0 aliphatic heterocycles. The first-order chi connectivity index (χ1) is 8.06. The molecule has 4 nitrogen and oxygen atoms in total. The SMILES string of the molecule is CNCCCC(=O)NCC(C)(C)c1cc[nH]c1. The van der Waals surface area contributed by atoms with Crippen molar-refractivity contribution in [2.75, 3.05) is 20.1 Å². The van der Waals surface area contributed by atoms with Gasteiger partial charge in [-0.2, -0.15) is 0 Å². The van der Waals surface area contributed by atoms with Crippen LogP contribution in [0.15, 0.2) is 18.5 Å². The maximum atomic E-state index is 11.6. The van der Waals surface area contributed by atoms with Crippen molar-refractivity contribution < 1.29 is 4.79 Å². The number of carbonyl (C=O) groups excluding carboxylic acids is 1. The van der Waals surface area contributed by atoms with Crippen LogP contribution in [-0.2, 0) is 10.2 Å². The van der Waals surface area contributed by atoms with Gasteiger partial charge in [0.1, 0.15) is 0 Å². The highest BCUT2D eigenvalue weighted by atomic mass is 16.1. The zero-order valence-electron chi connectivity index (χ0n) is 11.0. The summed E-state index contributed by atoms with van der Waals surface area (Å²) >= 11 is 0. The third kappa shape index (κ3) is 4.61. The number of amides is 1. The van der Waals surface area contributed by atoms with Crippen molar-refractivity contribution in [2.45, 2.75) is 32.1 Å². The van der Waals surface area contributed by atoms with Crippen molar-refractivity contribution in [3.05, 3.63) is 24.0 Å². The van der Waals surface area contributed by atoms with E-state index in [4.69, 9.17) is 0 Å². The van der Waals surface area contributed by atoms with Gasteiger partial charge in [-0.25, -0.2) is 0 Å². The Bertz CT molecular complexity index is 330. The quantitative estimate of drug-likeness (QED) is 0.628. The lowest BCUT2D eigenvalue weighted by molar-refractivity contribution is -0.121. The third-order valence-electron chi connectivity index (χ3n) is 2.94. The molecule has 0 bridgehead atoms. The lowest BCUT2D eigenvalue weighted by Crippen LogP contribution is -2.36. The molecule has 0 saturated carbocycles. The summed E-state index contributed by atoms with van der Waals surface area (Å²) in [6, 6.07) is 2.05. The van der Waals surface area contributed by atoms with E-state index >= 15 is 0 Å². The van der Waals surface area contributed by atoms with Gasteiger partial charge in [0, 0.05) is 30.8 Å². The number of carbonyl (C=O) groups is 1. The van der Waals surface area contributed by atoms with Crippen molar-refractivity contribution in [1.82, 2.24) is 15.6 Å². The van der Waals surface area contributed by atoms with Gasteiger partial charge in [-0.1, -0.05) is 13.8 Å². The van der Waals surface area contributed by atoms with Gasteiger partial charge in [-0.3, -0.25) is 4.79 Å². The lowest BCUT2D eigenvalue weighted by atomic mass is 9.86. The van der Waals surface area contributed by atoms with E-state index in [-0.39, 0.29) is 11.3 Å². The van der Waals surface area contributed by atoms with Crippen LogP contribution in [-0.4, -0.2) is 31.0 Å². The number of aromatic amines is 1. The normalized spacial score (nSPS) is 11.5. The van der Waals surface area contributed by atoms with Crippen LogP contribution in [0.2, 0.25) is 0 Å². The average Bonchev–Trinajstić information content (AvgIpc) is 2.81. The molecule has 0 fully saturated rings. The van der Waals surface area contributed by atoms with Gasteiger partial charge in [0.2, 0.25) is 5.91 Å². The highest BCUT2D eigenvalue weighted by Gasteiger charge is 2.21. The minimum Gasteiger partial charge on any atom is -0.367 e. The van der Waals surface area contributed by atoms with Crippen LogP contribution in [0.25, 0.3) is 0 Å². The van der Waals surface area contributed by atoms with Gasteiger partial charge in [0.25, 0.3) is 0 Å². The third-order valence-corrected chi connectivity index (χ3v) is 2.94. The van der Waals surface area contributed by atoms with Gasteiger partial charge in [-0.15, -0.1) is 0 Å². The maximum Gasteiger partial charge on any atom is 0.220 e. The van der Waals surface area contributed by atoms with Crippen molar-refractivity contribution in [3.63, 3.8) is 0 Å². The summed E-state index contributed by atoms with van der Waals surface area (Å²) in [6.45, 7) is 5.81. The minimum absolute atomic E-state index is 0.0291. The summed E-state index contributed by atoms with van der Waals surface area (Å²) in [5.41, 5.74) is 1.19. The van der Waals surface area contributed by atoms with E-state index in [9.17, 15) is 4.79 Å². The van der Waals surface area contributed by atoms with Gasteiger partial charge in [0.15, 0.2) is 0 Å². The van der Waals surface area contributed by atoms with Crippen molar-refractivity contribution in [1.29, 1.82) is 0 Å². The van der Waals surface area contributed by atoms with E-state index in [2.05, 4.69) is 29.5 Å². The monoisotopic (exact) mass is 237 g/mol. The van der Waals surface area contributed by atoms with Gasteiger partial charge >= 0.3 is 0 Å². The molecule has 0 spiro atoms. The summed E-state index contributed by atoms with van der Waals surface area (Å²) in [4.78, 5) is 14.6. The smallest absolute Gasteiger partial charge is 0.220 e. The number of rotatable bonds is 7. The highest BCUT2D eigenvalue weighted by Crippen LogP contribution is 2.21. The standard InChI is InChI=1S/C13H23N3O/c1-13(2,11-6-8-15-9-11)10-16-12(17)5-4-7-14-3/h6,8-9,14-15H,4-5,7,10H2,1-3H3,(H,16,17). The second-order valence-corrected chi connectivity index (χ2v) is 4.97. The summed E-state index contributed by atoms with van der Waals surface area (Å²) in [6.07, 6.45) is 5.36. The van der Waals surface area contributed by atoms with Gasteiger partial charge in [0.05, 0.1) is 0 Å². The Balaban J connectivity index is 2.32. The molecule has 96 valence electrons. The van der Waals surface area contributed by atoms with Gasteiger partial charge in [-0.05, 0) is 31.6 Å². The van der Waals surface area contributed by atoms with Crippen molar-refractivity contribution in [3.8, 4) is 0 Å². The number of H-pyrrole nitrogens is 1. The molecule has 1 rings (SSSR count). The summed E-state index contributed by atoms with van der Waals surface area (Å²) in [5.74, 6) is 0.129. The molecule has 0 aliphatic carbocycles. The predicted molar refractivity (Wildman–Crippen MR) is 70.0 cm³/mol. The lowest BCUT2D eigenvalue weighted by Gasteiger charge is -2.24. The molecule has 3 N–H and O–H groups in total. The first kappa shape index (κ1) is 13.8. The molecule has 1 heterocycles. The fourth-order valence-corrected chi connectivity index (χ4v) is 1.68. The van der Waals surface area contributed by atoms with Gasteiger partial charge < -0.3 is 15.6 Å². The van der Waals surface area contributed by atoms with E-state index in [1.54, 1.807) is 0 Å². The van der Waals surface area contributed by atoms with E-state index in [0.29, 0.717) is 13.0 Å². The number of hydrogen-bond donors (Lipinski definition) is 3. The van der Waals surface area contributed by atoms with Crippen molar-refractivity contribution >= 4 is 5.91 Å². The molecule has 0 aromatic carbocycles. The number of hydrogen-bond acceptors (Lipinski definition) is 2. The Morgan fingerprint density at radius 2 is 2.24 bits per heavy atom. The average molecular weight is 237 g/mol. The topological polar surface area (TPSA) is 56.9 Å². The highest BCUT2D eigenvalue weighted by molar-refractivity contribution is 5.75. The molecule has 0 radical (unpaired) electrons. The zero-order chi connectivity index (χ0) is 12.7. The summed E-state index contributed by atoms with van der Waals surface area (Å²) in [7, 11) is 1.90. The predicted octanol–water partition coefficient (Wildman–Crippen LogP) is 1.41. The zero-order valence-corrected chi connectivity index (χ0v) is 11.0. The largest absolute Gasteiger partial charge is 0.367 e. The fourth-order valence-electron chi connectivity index (χ4n) is 1.68. The number of nitrogens with one attached hydrogen (secondary N) is 3. The molecular weight excluding hydrogens is 214 g/mol. The van der Waals surface area contributed by atoms with Crippen LogP contribution >= 0.6 is 0 Å². The molecule has 0 unspecified atom stereocenters. The maximum absolute atomic E-state index is 11.6. The fraction of sp³-hybridized carbons (Fsp3) is 0.615. The van der Waals surface area contributed by atoms with Crippen LogP contribution in [0.1, 0.15) is 32.3 Å². The Kier molecular flexibility index (Phi) is 5.22. The van der Waals surface area contributed by atoms with Crippen LogP contribution in [0.3, 0.4) is 0 Å². The molecule has 0 atom stereocenters. The minimum atomic E-state index is -0.0291. The summed E-state index contributed by atoms with van der Waals surface area (Å²) < 4.78 is 0. The summed E-state index contributed by atoms with van der Waals surface area (Å²) in [5, 5.41) is 6.02. The Morgan fingerprint density at radius 1 is 1.47 bits per heavy atom.